The summed E-state index contributed by atoms with van der Waals surface area (Å²) in [5.74, 6) is 2.27. The number of halogens is 2. The lowest BCUT2D eigenvalue weighted by molar-refractivity contribution is 0.102. The van der Waals surface area contributed by atoms with Gasteiger partial charge in [-0.15, -0.1) is 11.8 Å². The lowest BCUT2D eigenvalue weighted by Crippen LogP contribution is -2.13. The molecule has 7 heteroatoms. The van der Waals surface area contributed by atoms with Crippen LogP contribution in [-0.4, -0.2) is 12.5 Å². The molecule has 4 aromatic carbocycles. The van der Waals surface area contributed by atoms with E-state index in [1.165, 1.54) is 0 Å². The smallest absolute Gasteiger partial charge is 0.255 e. The fraction of sp³-hybridized carbons (Fsp3) is 0.107. The Morgan fingerprint density at radius 2 is 1.57 bits per heavy atom. The van der Waals surface area contributed by atoms with E-state index >= 15 is 0 Å². The number of rotatable bonds is 9. The van der Waals surface area contributed by atoms with Crippen molar-refractivity contribution in [3.05, 3.63) is 112 Å². The SMILES string of the molecule is CCOc1ccc(C(=O)Nc2cc(Cl)ccc2Oc2ccccc2)cc1CSc1ccc(Cl)cc1. The monoisotopic (exact) mass is 523 g/mol. The lowest BCUT2D eigenvalue weighted by Gasteiger charge is -2.15. The standard InChI is InChI=1S/C28H23Cl2NO3S/c1-2-33-26-14-8-19(16-20(26)18-35-24-12-9-21(29)10-13-24)28(32)31-25-17-22(30)11-15-27(25)34-23-6-4-3-5-7-23/h3-17H,2,18H2,1H3,(H,31,32). The number of anilines is 1. The molecule has 0 saturated carbocycles. The second-order valence-corrected chi connectivity index (χ2v) is 9.43. The summed E-state index contributed by atoms with van der Waals surface area (Å²) in [5.41, 5.74) is 1.91. The second-order valence-electron chi connectivity index (χ2n) is 7.51. The van der Waals surface area contributed by atoms with Gasteiger partial charge in [0.15, 0.2) is 5.75 Å². The molecule has 35 heavy (non-hydrogen) atoms. The molecule has 4 rings (SSSR count). The van der Waals surface area contributed by atoms with Gasteiger partial charge in [0.2, 0.25) is 0 Å². The lowest BCUT2D eigenvalue weighted by atomic mass is 10.1. The zero-order valence-electron chi connectivity index (χ0n) is 19.0. The van der Waals surface area contributed by atoms with E-state index < -0.39 is 0 Å². The summed E-state index contributed by atoms with van der Waals surface area (Å²) < 4.78 is 11.8. The van der Waals surface area contributed by atoms with Crippen molar-refractivity contribution in [3.8, 4) is 17.2 Å². The molecule has 178 valence electrons. The number of hydrogen-bond acceptors (Lipinski definition) is 4. The van der Waals surface area contributed by atoms with Crippen LogP contribution >= 0.6 is 35.0 Å². The summed E-state index contributed by atoms with van der Waals surface area (Å²) in [5, 5.41) is 4.12. The molecule has 0 aliphatic carbocycles. The number of thioether (sulfide) groups is 1. The van der Waals surface area contributed by atoms with Crippen LogP contribution in [0.4, 0.5) is 5.69 Å². The van der Waals surface area contributed by atoms with E-state index in [0.717, 1.165) is 16.2 Å². The highest BCUT2D eigenvalue weighted by molar-refractivity contribution is 7.98. The van der Waals surface area contributed by atoms with E-state index in [0.29, 0.717) is 45.2 Å². The van der Waals surface area contributed by atoms with Crippen molar-refractivity contribution in [2.24, 2.45) is 0 Å². The van der Waals surface area contributed by atoms with E-state index in [2.05, 4.69) is 5.32 Å². The predicted octanol–water partition coefficient (Wildman–Crippen LogP) is 8.73. The molecule has 0 aliphatic rings. The number of amides is 1. The molecule has 0 atom stereocenters. The van der Waals surface area contributed by atoms with Gasteiger partial charge < -0.3 is 14.8 Å². The summed E-state index contributed by atoms with van der Waals surface area (Å²) >= 11 is 13.8. The van der Waals surface area contributed by atoms with Gasteiger partial charge in [-0.25, -0.2) is 0 Å². The number of nitrogens with one attached hydrogen (secondary N) is 1. The van der Waals surface area contributed by atoms with Crippen LogP contribution in [0.5, 0.6) is 17.2 Å². The van der Waals surface area contributed by atoms with Crippen molar-refractivity contribution >= 4 is 46.6 Å². The van der Waals surface area contributed by atoms with Crippen molar-refractivity contribution in [2.45, 2.75) is 17.6 Å². The zero-order chi connectivity index (χ0) is 24.6. The third-order valence-corrected chi connectivity index (χ3v) is 6.54. The summed E-state index contributed by atoms with van der Waals surface area (Å²) in [6.45, 7) is 2.47. The van der Waals surface area contributed by atoms with Gasteiger partial charge in [0.25, 0.3) is 5.91 Å². The van der Waals surface area contributed by atoms with Gasteiger partial charge in [-0.1, -0.05) is 41.4 Å². The van der Waals surface area contributed by atoms with E-state index in [9.17, 15) is 4.79 Å². The van der Waals surface area contributed by atoms with Crippen LogP contribution in [0.15, 0.2) is 95.9 Å². The van der Waals surface area contributed by atoms with Gasteiger partial charge >= 0.3 is 0 Å². The van der Waals surface area contributed by atoms with Gasteiger partial charge in [-0.3, -0.25) is 4.79 Å². The largest absolute Gasteiger partial charge is 0.494 e. The quantitative estimate of drug-likeness (QED) is 0.223. The minimum Gasteiger partial charge on any atom is -0.494 e. The maximum atomic E-state index is 13.2. The molecule has 0 aliphatic heterocycles. The van der Waals surface area contributed by atoms with Crippen LogP contribution in [0.1, 0.15) is 22.8 Å². The van der Waals surface area contributed by atoms with Gasteiger partial charge in [0.1, 0.15) is 11.5 Å². The van der Waals surface area contributed by atoms with Gasteiger partial charge in [-0.05, 0) is 79.7 Å². The van der Waals surface area contributed by atoms with Crippen molar-refractivity contribution in [1.82, 2.24) is 0 Å². The first-order chi connectivity index (χ1) is 17.0. The van der Waals surface area contributed by atoms with Crippen molar-refractivity contribution in [3.63, 3.8) is 0 Å². The van der Waals surface area contributed by atoms with Gasteiger partial charge in [-0.2, -0.15) is 0 Å². The number of ether oxygens (including phenoxy) is 2. The number of para-hydroxylation sites is 1. The van der Waals surface area contributed by atoms with Crippen molar-refractivity contribution < 1.29 is 14.3 Å². The summed E-state index contributed by atoms with van der Waals surface area (Å²) in [4.78, 5) is 14.3. The molecular weight excluding hydrogens is 501 g/mol. The van der Waals surface area contributed by atoms with Crippen LogP contribution in [0.2, 0.25) is 10.0 Å². The average Bonchev–Trinajstić information content (AvgIpc) is 2.87. The molecule has 4 aromatic rings. The fourth-order valence-electron chi connectivity index (χ4n) is 3.32. The number of carbonyl (C=O) groups is 1. The molecule has 0 unspecified atom stereocenters. The van der Waals surface area contributed by atoms with Gasteiger partial charge in [0.05, 0.1) is 12.3 Å². The molecular formula is C28H23Cl2NO3S. The second kappa shape index (κ2) is 12.0. The first-order valence-corrected chi connectivity index (χ1v) is 12.7. The molecule has 0 heterocycles. The van der Waals surface area contributed by atoms with Crippen LogP contribution < -0.4 is 14.8 Å². The summed E-state index contributed by atoms with van der Waals surface area (Å²) in [6, 6.07) is 27.6. The third kappa shape index (κ3) is 6.95. The zero-order valence-corrected chi connectivity index (χ0v) is 21.3. The maximum Gasteiger partial charge on any atom is 0.255 e. The molecule has 1 amide bonds. The Morgan fingerprint density at radius 1 is 0.857 bits per heavy atom. The van der Waals surface area contributed by atoms with Crippen molar-refractivity contribution in [1.29, 1.82) is 0 Å². The first-order valence-electron chi connectivity index (χ1n) is 11.0. The van der Waals surface area contributed by atoms with Crippen LogP contribution in [-0.2, 0) is 5.75 Å². The van der Waals surface area contributed by atoms with Crippen LogP contribution in [0, 0.1) is 0 Å². The Labute approximate surface area is 219 Å². The normalized spacial score (nSPS) is 10.6. The Balaban J connectivity index is 1.54. The molecule has 0 fully saturated rings. The molecule has 0 bridgehead atoms. The molecule has 0 radical (unpaired) electrons. The van der Waals surface area contributed by atoms with Gasteiger partial charge in [0, 0.05) is 31.8 Å². The Morgan fingerprint density at radius 3 is 2.31 bits per heavy atom. The predicted molar refractivity (Wildman–Crippen MR) is 145 cm³/mol. The average molecular weight is 524 g/mol. The van der Waals surface area contributed by atoms with Crippen molar-refractivity contribution in [2.75, 3.05) is 11.9 Å². The van der Waals surface area contributed by atoms with E-state index in [1.54, 1.807) is 36.0 Å². The molecule has 4 nitrogen and oxygen atoms in total. The number of benzene rings is 4. The molecule has 0 spiro atoms. The topological polar surface area (TPSA) is 47.6 Å². The first kappa shape index (κ1) is 25.0. The highest BCUT2D eigenvalue weighted by Crippen LogP contribution is 2.33. The van der Waals surface area contributed by atoms with Crippen LogP contribution in [0.3, 0.4) is 0 Å². The molecule has 0 aromatic heterocycles. The van der Waals surface area contributed by atoms with E-state index in [4.69, 9.17) is 32.7 Å². The third-order valence-electron chi connectivity index (χ3n) is 4.99. The number of carbonyl (C=O) groups excluding carboxylic acids is 1. The van der Waals surface area contributed by atoms with E-state index in [-0.39, 0.29) is 5.91 Å². The molecule has 1 N–H and O–H groups in total. The Hall–Kier alpha value is -3.12. The highest BCUT2D eigenvalue weighted by atomic mass is 35.5. The molecule has 0 saturated heterocycles. The van der Waals surface area contributed by atoms with Crippen LogP contribution in [0.25, 0.3) is 0 Å². The Bertz CT molecular complexity index is 1300. The summed E-state index contributed by atoms with van der Waals surface area (Å²) in [6.07, 6.45) is 0. The number of hydrogen-bond donors (Lipinski definition) is 1. The maximum absolute atomic E-state index is 13.2. The Kier molecular flexibility index (Phi) is 8.59. The summed E-state index contributed by atoms with van der Waals surface area (Å²) in [7, 11) is 0. The minimum absolute atomic E-state index is 0.272. The minimum atomic E-state index is -0.272. The highest BCUT2D eigenvalue weighted by Gasteiger charge is 2.15. The van der Waals surface area contributed by atoms with E-state index in [1.807, 2.05) is 73.7 Å². The fourth-order valence-corrected chi connectivity index (χ4v) is 4.49.